The van der Waals surface area contributed by atoms with E-state index < -0.39 is 47.1 Å². The summed E-state index contributed by atoms with van der Waals surface area (Å²) in [6.45, 7) is 13.4. The molecule has 6 heteroatoms. The number of hydrogen-bond acceptors (Lipinski definition) is 4. The van der Waals surface area contributed by atoms with Gasteiger partial charge in [0.25, 0.3) is 0 Å². The quantitative estimate of drug-likeness (QED) is 0.149. The van der Waals surface area contributed by atoms with Crippen LogP contribution in [0.2, 0.25) is 0 Å². The molecule has 62 heavy (non-hydrogen) atoms. The summed E-state index contributed by atoms with van der Waals surface area (Å²) in [6.07, 6.45) is -0.241. The summed E-state index contributed by atoms with van der Waals surface area (Å²) < 4.78 is 115. The van der Waals surface area contributed by atoms with E-state index in [1.165, 1.54) is 6.07 Å². The standard InChI is InChI=1S/C56H47N4O.Pt/c1-55(2,3)40-30-31-57-53(34-40)60-49-25-14-13-24-45(49)46-29-28-44(36-52(46)60)61-43-23-17-22-42(35-43)58-37-59(51-27-16-15-26-50(51)58)54-47(38-18-9-7-10-19-38)32-41(56(4,5)6)33-48(54)39-20-11-8-12-21-39;/h7-34,37H,1-6H3;/q-3;/i7D,8D,9D,10D,11D,18D,19D,20D,21D,30D,31D,34D;. The normalized spacial score (nSPS) is 15.5. The van der Waals surface area contributed by atoms with Gasteiger partial charge in [-0.3, -0.25) is 0 Å². The van der Waals surface area contributed by atoms with Gasteiger partial charge in [0.05, 0.1) is 16.4 Å². The van der Waals surface area contributed by atoms with Crippen molar-refractivity contribution in [3.05, 3.63) is 200 Å². The summed E-state index contributed by atoms with van der Waals surface area (Å²) in [5.41, 5.74) is 3.66. The Labute approximate surface area is 396 Å². The van der Waals surface area contributed by atoms with Gasteiger partial charge in [0.2, 0.25) is 0 Å². The van der Waals surface area contributed by atoms with Gasteiger partial charge in [-0.2, -0.15) is 12.1 Å². The zero-order valence-electron chi connectivity index (χ0n) is 46.8. The molecule has 0 atom stereocenters. The van der Waals surface area contributed by atoms with Gasteiger partial charge in [-0.15, -0.1) is 48.1 Å². The number of hydrogen-bond donors (Lipinski definition) is 0. The van der Waals surface area contributed by atoms with Crippen LogP contribution in [0.1, 0.15) is 69.1 Å². The Balaban J connectivity index is 0.00000672. The van der Waals surface area contributed by atoms with Crippen LogP contribution in [0.25, 0.3) is 49.9 Å². The van der Waals surface area contributed by atoms with E-state index in [4.69, 9.17) is 14.3 Å². The number of rotatable bonds is 7. The first-order valence-corrected chi connectivity index (χ1v) is 20.0. The number of para-hydroxylation sites is 3. The Hall–Kier alpha value is -6.42. The average Bonchev–Trinajstić information content (AvgIpc) is 3.88. The molecule has 10 rings (SSSR count). The molecule has 0 bridgehead atoms. The van der Waals surface area contributed by atoms with E-state index in [0.29, 0.717) is 45.2 Å². The van der Waals surface area contributed by atoms with Crippen LogP contribution in [0, 0.1) is 18.8 Å². The first kappa shape index (κ1) is 29.0. The van der Waals surface area contributed by atoms with E-state index >= 15 is 0 Å². The molecule has 0 unspecified atom stereocenters. The summed E-state index contributed by atoms with van der Waals surface area (Å²) in [6, 6.07) is 32.0. The van der Waals surface area contributed by atoms with Crippen LogP contribution in [-0.4, -0.2) is 9.55 Å². The molecular weight excluding hydrogens is 940 g/mol. The van der Waals surface area contributed by atoms with E-state index in [0.717, 1.165) is 16.3 Å². The number of fused-ring (bicyclic) bond motifs is 4. The summed E-state index contributed by atoms with van der Waals surface area (Å²) in [5.74, 6) is 0.830. The second kappa shape index (κ2) is 16.1. The molecule has 0 fully saturated rings. The van der Waals surface area contributed by atoms with Gasteiger partial charge < -0.3 is 19.1 Å². The summed E-state index contributed by atoms with van der Waals surface area (Å²) in [4.78, 5) is 8.15. The number of aromatic nitrogens is 2. The molecule has 5 nitrogen and oxygen atoms in total. The first-order chi connectivity index (χ1) is 34.5. The number of pyridine rings is 1. The van der Waals surface area contributed by atoms with Crippen molar-refractivity contribution in [1.29, 1.82) is 0 Å². The maximum atomic E-state index is 9.33. The maximum Gasteiger partial charge on any atom is 0.135 e. The van der Waals surface area contributed by atoms with E-state index in [1.807, 2.05) is 113 Å². The number of benzene rings is 7. The van der Waals surface area contributed by atoms with Gasteiger partial charge >= 0.3 is 0 Å². The smallest absolute Gasteiger partial charge is 0.135 e. The average molecular weight is 999 g/mol. The van der Waals surface area contributed by atoms with Crippen molar-refractivity contribution in [2.75, 3.05) is 9.80 Å². The van der Waals surface area contributed by atoms with Crippen LogP contribution >= 0.6 is 0 Å². The fraction of sp³-hybridized carbons (Fsp3) is 0.143. The zero-order valence-corrected chi connectivity index (χ0v) is 37.1. The van der Waals surface area contributed by atoms with E-state index in [2.05, 4.69) is 17.1 Å². The van der Waals surface area contributed by atoms with E-state index in [-0.39, 0.29) is 91.2 Å². The summed E-state index contributed by atoms with van der Waals surface area (Å²) in [7, 11) is 0. The van der Waals surface area contributed by atoms with Gasteiger partial charge in [0.15, 0.2) is 0 Å². The van der Waals surface area contributed by atoms with Crippen LogP contribution in [0.4, 0.5) is 22.7 Å². The molecule has 0 N–H and O–H groups in total. The Bertz CT molecular complexity index is 3760. The molecule has 0 saturated heterocycles. The minimum absolute atomic E-state index is 0. The van der Waals surface area contributed by atoms with Crippen molar-refractivity contribution in [2.45, 2.75) is 52.4 Å². The molecule has 0 radical (unpaired) electrons. The van der Waals surface area contributed by atoms with Gasteiger partial charge in [-0.05, 0) is 80.9 Å². The minimum Gasteiger partial charge on any atom is -0.509 e. The van der Waals surface area contributed by atoms with Crippen molar-refractivity contribution >= 4 is 44.6 Å². The Morgan fingerprint density at radius 2 is 1.27 bits per heavy atom. The van der Waals surface area contributed by atoms with Gasteiger partial charge in [0, 0.05) is 72.4 Å². The van der Waals surface area contributed by atoms with Gasteiger partial charge in [-0.25, -0.2) is 4.98 Å². The van der Waals surface area contributed by atoms with E-state index in [1.54, 1.807) is 40.4 Å². The molecule has 1 aliphatic heterocycles. The largest absolute Gasteiger partial charge is 0.509 e. The minimum atomic E-state index is -0.618. The molecule has 3 heterocycles. The third-order valence-electron chi connectivity index (χ3n) is 10.8. The molecule has 9 aromatic rings. The fourth-order valence-corrected chi connectivity index (χ4v) is 7.70. The molecule has 1 aliphatic rings. The predicted molar refractivity (Wildman–Crippen MR) is 252 cm³/mol. The first-order valence-electron chi connectivity index (χ1n) is 26.0. The molecule has 310 valence electrons. The SMILES string of the molecule is [2H]c1cc([2H])c(-c2cc(C(C)(C)C)cc(-c3c([2H])c([2H])c([2H])c([2H])c3[2H])c2N2[CH-]N(c3[c-]c(Oc4[c-]c5c(cc4)c4ccccc4n5-c4nc([2H])c([2H])c(C(C)(C)C)c4[2H])ccc3)c3ccccc32)c([2H])c1[2H].[Pt]. The molecule has 0 saturated carbocycles. The Kier molecular flexibility index (Phi) is 7.54. The fourth-order valence-electron chi connectivity index (χ4n) is 7.70. The second-order valence-electron chi connectivity index (χ2n) is 16.9. The van der Waals surface area contributed by atoms with Crippen molar-refractivity contribution in [1.82, 2.24) is 9.55 Å². The molecule has 2 aromatic heterocycles. The topological polar surface area (TPSA) is 33.5 Å². The Morgan fingerprint density at radius 3 is 2.02 bits per heavy atom. The molecule has 7 aromatic carbocycles. The van der Waals surface area contributed by atoms with Crippen LogP contribution in [0.5, 0.6) is 11.5 Å². The monoisotopic (exact) mass is 998 g/mol. The van der Waals surface area contributed by atoms with Crippen molar-refractivity contribution in [2.24, 2.45) is 0 Å². The molecular formula is C56H47N4OPt-3. The van der Waals surface area contributed by atoms with Crippen LogP contribution in [0.3, 0.4) is 0 Å². The zero-order chi connectivity index (χ0) is 52.3. The molecule has 0 amide bonds. The van der Waals surface area contributed by atoms with Crippen LogP contribution in [-0.2, 0) is 31.9 Å². The Morgan fingerprint density at radius 1 is 0.613 bits per heavy atom. The van der Waals surface area contributed by atoms with Crippen LogP contribution < -0.4 is 14.5 Å². The van der Waals surface area contributed by atoms with E-state index in [9.17, 15) is 6.85 Å². The molecule has 0 spiro atoms. The van der Waals surface area contributed by atoms with Crippen LogP contribution in [0.15, 0.2) is 170 Å². The van der Waals surface area contributed by atoms with Gasteiger partial charge in [0.1, 0.15) is 5.82 Å². The third kappa shape index (κ3) is 7.49. The van der Waals surface area contributed by atoms with Crippen molar-refractivity contribution in [3.8, 4) is 39.6 Å². The summed E-state index contributed by atoms with van der Waals surface area (Å²) >= 11 is 0. The number of anilines is 4. The molecule has 0 aliphatic carbocycles. The summed E-state index contributed by atoms with van der Waals surface area (Å²) in [5, 5.41) is 1.69. The third-order valence-corrected chi connectivity index (χ3v) is 10.8. The maximum absolute atomic E-state index is 9.33. The van der Waals surface area contributed by atoms with Crippen molar-refractivity contribution in [3.63, 3.8) is 0 Å². The number of ether oxygens (including phenoxy) is 1. The van der Waals surface area contributed by atoms with Crippen molar-refractivity contribution < 1.29 is 42.3 Å². The second-order valence-corrected chi connectivity index (χ2v) is 16.9. The van der Waals surface area contributed by atoms with Gasteiger partial charge in [-0.1, -0.05) is 138 Å². The predicted octanol–water partition coefficient (Wildman–Crippen LogP) is 14.9. The number of nitrogens with zero attached hydrogens (tertiary/aromatic N) is 4.